The second-order valence-electron chi connectivity index (χ2n) is 4.39. The molecule has 0 bridgehead atoms. The van der Waals surface area contributed by atoms with Gasteiger partial charge in [-0.1, -0.05) is 13.3 Å². The summed E-state index contributed by atoms with van der Waals surface area (Å²) in [6.07, 6.45) is 3.66. The molecule has 1 aliphatic rings. The number of rotatable bonds is 5. The SMILES string of the molecule is CCCc1cc(OC2CCOCC2)c(C(=O)O)s1. The molecule has 0 atom stereocenters. The van der Waals surface area contributed by atoms with Crippen molar-refractivity contribution in [1.29, 1.82) is 0 Å². The van der Waals surface area contributed by atoms with E-state index in [0.717, 1.165) is 30.6 Å². The van der Waals surface area contributed by atoms with Gasteiger partial charge >= 0.3 is 5.97 Å². The molecule has 0 aromatic carbocycles. The third-order valence-corrected chi connectivity index (χ3v) is 4.07. The average Bonchev–Trinajstić information content (AvgIpc) is 2.74. The van der Waals surface area contributed by atoms with Crippen molar-refractivity contribution >= 4 is 17.3 Å². The minimum Gasteiger partial charge on any atom is -0.488 e. The zero-order valence-electron chi connectivity index (χ0n) is 10.5. The van der Waals surface area contributed by atoms with Gasteiger partial charge in [-0.2, -0.15) is 0 Å². The van der Waals surface area contributed by atoms with Crippen LogP contribution in [0.5, 0.6) is 5.75 Å². The van der Waals surface area contributed by atoms with Crippen molar-refractivity contribution in [2.24, 2.45) is 0 Å². The number of carboxylic acid groups (broad SMARTS) is 1. The molecule has 0 aliphatic carbocycles. The highest BCUT2D eigenvalue weighted by atomic mass is 32.1. The molecule has 0 radical (unpaired) electrons. The van der Waals surface area contributed by atoms with Gasteiger partial charge in [0.1, 0.15) is 11.9 Å². The quantitative estimate of drug-likeness (QED) is 0.893. The molecule has 100 valence electrons. The summed E-state index contributed by atoms with van der Waals surface area (Å²) < 4.78 is 11.1. The van der Waals surface area contributed by atoms with Gasteiger partial charge < -0.3 is 14.6 Å². The van der Waals surface area contributed by atoms with Crippen molar-refractivity contribution in [3.05, 3.63) is 15.8 Å². The highest BCUT2D eigenvalue weighted by Crippen LogP contribution is 2.32. The Labute approximate surface area is 111 Å². The van der Waals surface area contributed by atoms with Crippen LogP contribution in [0.3, 0.4) is 0 Å². The monoisotopic (exact) mass is 270 g/mol. The second kappa shape index (κ2) is 6.20. The van der Waals surface area contributed by atoms with Crippen molar-refractivity contribution in [3.63, 3.8) is 0 Å². The maximum absolute atomic E-state index is 11.2. The van der Waals surface area contributed by atoms with Crippen LogP contribution in [0.25, 0.3) is 0 Å². The van der Waals surface area contributed by atoms with Crippen LogP contribution in [0.1, 0.15) is 40.7 Å². The lowest BCUT2D eigenvalue weighted by molar-refractivity contribution is 0.0251. The van der Waals surface area contributed by atoms with Crippen LogP contribution >= 0.6 is 11.3 Å². The zero-order valence-corrected chi connectivity index (χ0v) is 11.3. The number of aryl methyl sites for hydroxylation is 1. The van der Waals surface area contributed by atoms with Crippen LogP contribution in [0, 0.1) is 0 Å². The van der Waals surface area contributed by atoms with Crippen LogP contribution in [-0.2, 0) is 11.2 Å². The molecule has 2 heterocycles. The average molecular weight is 270 g/mol. The first-order valence-corrected chi connectivity index (χ1v) is 7.12. The van der Waals surface area contributed by atoms with Gasteiger partial charge in [0.2, 0.25) is 0 Å². The predicted octanol–water partition coefficient (Wildman–Crippen LogP) is 2.96. The van der Waals surface area contributed by atoms with Gasteiger partial charge in [-0.15, -0.1) is 11.3 Å². The van der Waals surface area contributed by atoms with Crippen LogP contribution in [0.2, 0.25) is 0 Å². The minimum atomic E-state index is -0.899. The van der Waals surface area contributed by atoms with Gasteiger partial charge in [0.25, 0.3) is 0 Å². The summed E-state index contributed by atoms with van der Waals surface area (Å²) in [4.78, 5) is 12.6. The molecular formula is C13H18O4S. The number of hydrogen-bond acceptors (Lipinski definition) is 4. The van der Waals surface area contributed by atoms with Gasteiger partial charge in [-0.05, 0) is 12.5 Å². The van der Waals surface area contributed by atoms with E-state index < -0.39 is 5.97 Å². The summed E-state index contributed by atoms with van der Waals surface area (Å²) in [5.74, 6) is -0.368. The van der Waals surface area contributed by atoms with Crippen molar-refractivity contribution in [2.45, 2.75) is 38.7 Å². The molecule has 0 unspecified atom stereocenters. The Morgan fingerprint density at radius 1 is 1.56 bits per heavy atom. The normalized spacial score (nSPS) is 16.7. The van der Waals surface area contributed by atoms with E-state index in [1.807, 2.05) is 6.07 Å². The van der Waals surface area contributed by atoms with E-state index in [-0.39, 0.29) is 6.10 Å². The Hall–Kier alpha value is -1.07. The largest absolute Gasteiger partial charge is 0.488 e. The molecule has 1 aliphatic heterocycles. The molecule has 1 aromatic heterocycles. The van der Waals surface area contributed by atoms with Gasteiger partial charge in [-0.3, -0.25) is 0 Å². The van der Waals surface area contributed by atoms with E-state index in [1.165, 1.54) is 11.3 Å². The van der Waals surface area contributed by atoms with Crippen LogP contribution in [-0.4, -0.2) is 30.4 Å². The zero-order chi connectivity index (χ0) is 13.0. The molecule has 2 rings (SSSR count). The highest BCUT2D eigenvalue weighted by Gasteiger charge is 2.21. The first-order valence-electron chi connectivity index (χ1n) is 6.31. The van der Waals surface area contributed by atoms with Gasteiger partial charge in [-0.25, -0.2) is 4.79 Å². The van der Waals surface area contributed by atoms with E-state index >= 15 is 0 Å². The summed E-state index contributed by atoms with van der Waals surface area (Å²) in [5, 5.41) is 9.18. The van der Waals surface area contributed by atoms with Crippen molar-refractivity contribution in [3.8, 4) is 5.75 Å². The molecule has 0 spiro atoms. The number of aromatic carboxylic acids is 1. The van der Waals surface area contributed by atoms with E-state index in [2.05, 4.69) is 6.92 Å². The van der Waals surface area contributed by atoms with Gasteiger partial charge in [0.05, 0.1) is 13.2 Å². The van der Waals surface area contributed by atoms with Crippen molar-refractivity contribution in [2.75, 3.05) is 13.2 Å². The fourth-order valence-electron chi connectivity index (χ4n) is 2.00. The van der Waals surface area contributed by atoms with Crippen LogP contribution in [0.15, 0.2) is 6.07 Å². The van der Waals surface area contributed by atoms with Crippen LogP contribution < -0.4 is 4.74 Å². The van der Waals surface area contributed by atoms with E-state index in [4.69, 9.17) is 9.47 Å². The molecule has 1 saturated heterocycles. The molecule has 1 fully saturated rings. The maximum Gasteiger partial charge on any atom is 0.349 e. The Morgan fingerprint density at radius 3 is 2.89 bits per heavy atom. The topological polar surface area (TPSA) is 55.8 Å². The molecule has 0 amide bonds. The number of ether oxygens (including phenoxy) is 2. The maximum atomic E-state index is 11.2. The molecule has 1 aromatic rings. The smallest absolute Gasteiger partial charge is 0.349 e. The number of carboxylic acids is 1. The fourth-order valence-corrected chi connectivity index (χ4v) is 3.03. The summed E-state index contributed by atoms with van der Waals surface area (Å²) in [7, 11) is 0. The molecule has 1 N–H and O–H groups in total. The number of thiophene rings is 1. The lowest BCUT2D eigenvalue weighted by Crippen LogP contribution is -2.26. The van der Waals surface area contributed by atoms with E-state index in [0.29, 0.717) is 23.8 Å². The summed E-state index contributed by atoms with van der Waals surface area (Å²) >= 11 is 1.32. The lowest BCUT2D eigenvalue weighted by atomic mass is 10.1. The Morgan fingerprint density at radius 2 is 2.28 bits per heavy atom. The van der Waals surface area contributed by atoms with E-state index in [1.54, 1.807) is 0 Å². The second-order valence-corrected chi connectivity index (χ2v) is 5.53. The first-order chi connectivity index (χ1) is 8.70. The first kappa shape index (κ1) is 13.4. The Balaban J connectivity index is 2.11. The molecule has 0 saturated carbocycles. The third-order valence-electron chi connectivity index (χ3n) is 2.90. The predicted molar refractivity (Wildman–Crippen MR) is 69.7 cm³/mol. The fraction of sp³-hybridized carbons (Fsp3) is 0.615. The van der Waals surface area contributed by atoms with Gasteiger partial charge in [0, 0.05) is 17.7 Å². The Kier molecular flexibility index (Phi) is 4.60. The lowest BCUT2D eigenvalue weighted by Gasteiger charge is -2.23. The number of carbonyl (C=O) groups is 1. The third kappa shape index (κ3) is 3.23. The Bertz CT molecular complexity index is 407. The van der Waals surface area contributed by atoms with Crippen molar-refractivity contribution < 1.29 is 19.4 Å². The van der Waals surface area contributed by atoms with Gasteiger partial charge in [0.15, 0.2) is 4.88 Å². The summed E-state index contributed by atoms with van der Waals surface area (Å²) in [6.45, 7) is 3.47. The van der Waals surface area contributed by atoms with E-state index in [9.17, 15) is 9.90 Å². The molecule has 18 heavy (non-hydrogen) atoms. The number of hydrogen-bond donors (Lipinski definition) is 1. The minimum absolute atomic E-state index is 0.0842. The molecule has 5 heteroatoms. The molecular weight excluding hydrogens is 252 g/mol. The van der Waals surface area contributed by atoms with Crippen LogP contribution in [0.4, 0.5) is 0 Å². The highest BCUT2D eigenvalue weighted by molar-refractivity contribution is 7.14. The summed E-state index contributed by atoms with van der Waals surface area (Å²) in [6, 6.07) is 1.88. The molecule has 4 nitrogen and oxygen atoms in total. The summed E-state index contributed by atoms with van der Waals surface area (Å²) in [5.41, 5.74) is 0. The standard InChI is InChI=1S/C13H18O4S/c1-2-3-10-8-11(12(18-10)13(14)15)17-9-4-6-16-7-5-9/h8-9H,2-7H2,1H3,(H,14,15). The van der Waals surface area contributed by atoms with Crippen molar-refractivity contribution in [1.82, 2.24) is 0 Å².